The van der Waals surface area contributed by atoms with Crippen LogP contribution >= 0.6 is 23.4 Å². The molecule has 0 saturated heterocycles. The molecule has 0 saturated carbocycles. The summed E-state index contributed by atoms with van der Waals surface area (Å²) in [7, 11) is 1.40. The highest BCUT2D eigenvalue weighted by Gasteiger charge is 2.08. The highest BCUT2D eigenvalue weighted by Crippen LogP contribution is 2.24. The Balaban J connectivity index is 2.05. The predicted molar refractivity (Wildman–Crippen MR) is 81.0 cm³/mol. The van der Waals surface area contributed by atoms with Crippen molar-refractivity contribution in [2.75, 3.05) is 7.11 Å². The van der Waals surface area contributed by atoms with Crippen molar-refractivity contribution in [2.24, 2.45) is 0 Å². The number of methoxy groups -OCH3 is 1. The molecule has 3 nitrogen and oxygen atoms in total. The van der Waals surface area contributed by atoms with Crippen LogP contribution in [0.4, 0.5) is 0 Å². The first-order valence-electron chi connectivity index (χ1n) is 6.07. The molecule has 0 aliphatic rings. The predicted octanol–water partition coefficient (Wildman–Crippen LogP) is 3.74. The zero-order chi connectivity index (χ0) is 14.4. The number of hydrogen-bond donors (Lipinski definition) is 0. The van der Waals surface area contributed by atoms with Crippen LogP contribution in [0, 0.1) is 0 Å². The first kappa shape index (κ1) is 14.9. The van der Waals surface area contributed by atoms with Gasteiger partial charge in [0, 0.05) is 11.9 Å². The molecular weight excluding hydrogens is 294 g/mol. The molecule has 2 aromatic rings. The summed E-state index contributed by atoms with van der Waals surface area (Å²) in [6.45, 7) is 0. The number of pyridine rings is 1. The topological polar surface area (TPSA) is 39.2 Å². The minimum Gasteiger partial charge on any atom is -0.469 e. The van der Waals surface area contributed by atoms with E-state index in [1.54, 1.807) is 18.0 Å². The van der Waals surface area contributed by atoms with Gasteiger partial charge in [0.25, 0.3) is 0 Å². The molecule has 1 aromatic carbocycles. The Hall–Kier alpha value is -1.52. The molecule has 5 heteroatoms. The summed E-state index contributed by atoms with van der Waals surface area (Å²) in [5, 5.41) is 1.53. The summed E-state index contributed by atoms with van der Waals surface area (Å²) in [6.07, 6.45) is 1.92. The molecule has 0 fully saturated rings. The van der Waals surface area contributed by atoms with E-state index in [4.69, 9.17) is 16.3 Å². The van der Waals surface area contributed by atoms with Crippen LogP contribution in [-0.4, -0.2) is 18.1 Å². The highest BCUT2D eigenvalue weighted by molar-refractivity contribution is 7.98. The number of aromatic nitrogens is 1. The number of thioether (sulfide) groups is 1. The largest absolute Gasteiger partial charge is 0.469 e. The lowest BCUT2D eigenvalue weighted by atomic mass is 10.1. The van der Waals surface area contributed by atoms with Crippen molar-refractivity contribution in [3.8, 4) is 0 Å². The average molecular weight is 308 g/mol. The first-order valence-corrected chi connectivity index (χ1v) is 7.43. The fraction of sp³-hybridized carbons (Fsp3) is 0.200. The van der Waals surface area contributed by atoms with E-state index in [1.165, 1.54) is 7.11 Å². The molecule has 0 spiro atoms. The molecule has 0 atom stereocenters. The van der Waals surface area contributed by atoms with Crippen molar-refractivity contribution >= 4 is 29.3 Å². The van der Waals surface area contributed by atoms with Gasteiger partial charge >= 0.3 is 5.97 Å². The Morgan fingerprint density at radius 3 is 2.65 bits per heavy atom. The monoisotopic (exact) mass is 307 g/mol. The van der Waals surface area contributed by atoms with Crippen molar-refractivity contribution in [1.29, 1.82) is 0 Å². The maximum Gasteiger partial charge on any atom is 0.309 e. The van der Waals surface area contributed by atoms with E-state index in [-0.39, 0.29) is 5.97 Å². The summed E-state index contributed by atoms with van der Waals surface area (Å²) in [5.41, 5.74) is 2.10. The van der Waals surface area contributed by atoms with E-state index < -0.39 is 0 Å². The maximum atomic E-state index is 11.4. The molecule has 20 heavy (non-hydrogen) atoms. The second-order valence-corrected chi connectivity index (χ2v) is 5.56. The van der Waals surface area contributed by atoms with Crippen LogP contribution in [0.5, 0.6) is 0 Å². The lowest BCUT2D eigenvalue weighted by Gasteiger charge is -2.08. The van der Waals surface area contributed by atoms with Gasteiger partial charge in [-0.3, -0.25) is 4.79 Å². The van der Waals surface area contributed by atoms with Crippen LogP contribution in [0.2, 0.25) is 5.02 Å². The molecule has 0 aliphatic heterocycles. The highest BCUT2D eigenvalue weighted by atomic mass is 35.5. The van der Waals surface area contributed by atoms with Gasteiger partial charge in [0.05, 0.1) is 23.6 Å². The second-order valence-electron chi connectivity index (χ2n) is 4.12. The van der Waals surface area contributed by atoms with E-state index in [0.717, 1.165) is 21.9 Å². The lowest BCUT2D eigenvalue weighted by Crippen LogP contribution is -2.06. The third-order valence-electron chi connectivity index (χ3n) is 2.76. The van der Waals surface area contributed by atoms with Gasteiger partial charge in [0.2, 0.25) is 0 Å². The number of ether oxygens (including phenoxy) is 1. The molecule has 0 bridgehead atoms. The van der Waals surface area contributed by atoms with Crippen molar-refractivity contribution < 1.29 is 9.53 Å². The van der Waals surface area contributed by atoms with Gasteiger partial charge in [-0.2, -0.15) is 0 Å². The Kier molecular flexibility index (Phi) is 5.44. The van der Waals surface area contributed by atoms with Crippen LogP contribution in [0.1, 0.15) is 11.1 Å². The molecule has 1 heterocycles. The molecule has 1 aromatic heterocycles. The summed E-state index contributed by atoms with van der Waals surface area (Å²) >= 11 is 7.41. The van der Waals surface area contributed by atoms with Gasteiger partial charge in [0.1, 0.15) is 0 Å². The molecular formula is C15H14ClNO2S. The lowest BCUT2D eigenvalue weighted by molar-refractivity contribution is -0.139. The summed E-state index contributed by atoms with van der Waals surface area (Å²) in [4.78, 5) is 15.6. The summed E-state index contributed by atoms with van der Waals surface area (Å²) in [6, 6.07) is 11.6. The number of nitrogens with zero attached hydrogens (tertiary/aromatic N) is 1. The number of esters is 1. The minimum atomic E-state index is -0.230. The molecule has 0 N–H and O–H groups in total. The quantitative estimate of drug-likeness (QED) is 0.623. The Morgan fingerprint density at radius 1 is 1.25 bits per heavy atom. The first-order chi connectivity index (χ1) is 9.69. The van der Waals surface area contributed by atoms with Gasteiger partial charge in [-0.15, -0.1) is 11.8 Å². The standard InChI is InChI=1S/C15H14ClNO2S/c1-19-15(18)8-11-4-2-3-5-12(11)10-20-14-7-6-13(16)9-17-14/h2-7,9H,8,10H2,1H3. The SMILES string of the molecule is COC(=O)Cc1ccccc1CSc1ccc(Cl)cn1. The van der Waals surface area contributed by atoms with Gasteiger partial charge in [-0.25, -0.2) is 4.98 Å². The van der Waals surface area contributed by atoms with Crippen LogP contribution in [-0.2, 0) is 21.7 Å². The third-order valence-corrected chi connectivity index (χ3v) is 3.97. The number of halogens is 1. The Bertz CT molecular complexity index is 587. The van der Waals surface area contributed by atoms with Gasteiger partial charge in [-0.1, -0.05) is 35.9 Å². The minimum absolute atomic E-state index is 0.230. The fourth-order valence-corrected chi connectivity index (χ4v) is 2.69. The number of benzene rings is 1. The molecule has 0 unspecified atom stereocenters. The van der Waals surface area contributed by atoms with Crippen molar-refractivity contribution in [3.63, 3.8) is 0 Å². The zero-order valence-corrected chi connectivity index (χ0v) is 12.6. The second kappa shape index (κ2) is 7.31. The smallest absolute Gasteiger partial charge is 0.309 e. The van der Waals surface area contributed by atoms with Crippen LogP contribution < -0.4 is 0 Å². The molecule has 0 amide bonds. The van der Waals surface area contributed by atoms with Crippen LogP contribution in [0.3, 0.4) is 0 Å². The van der Waals surface area contributed by atoms with E-state index in [1.807, 2.05) is 36.4 Å². The average Bonchev–Trinajstić information content (AvgIpc) is 2.48. The molecule has 0 radical (unpaired) electrons. The Morgan fingerprint density at radius 2 is 2.00 bits per heavy atom. The van der Waals surface area contributed by atoms with E-state index in [2.05, 4.69) is 4.98 Å². The van der Waals surface area contributed by atoms with E-state index in [0.29, 0.717) is 11.4 Å². The maximum absolute atomic E-state index is 11.4. The van der Waals surface area contributed by atoms with E-state index in [9.17, 15) is 4.79 Å². The number of rotatable bonds is 5. The summed E-state index contributed by atoms with van der Waals surface area (Å²) < 4.78 is 4.71. The van der Waals surface area contributed by atoms with Crippen molar-refractivity contribution in [2.45, 2.75) is 17.2 Å². The Labute approximate surface area is 127 Å². The van der Waals surface area contributed by atoms with Crippen LogP contribution in [0.25, 0.3) is 0 Å². The van der Waals surface area contributed by atoms with Gasteiger partial charge in [-0.05, 0) is 23.3 Å². The van der Waals surface area contributed by atoms with E-state index >= 15 is 0 Å². The number of carbonyl (C=O) groups excluding carboxylic acids is 1. The van der Waals surface area contributed by atoms with Gasteiger partial charge in [0.15, 0.2) is 0 Å². The summed E-state index contributed by atoms with van der Waals surface area (Å²) in [5.74, 6) is 0.522. The normalized spacial score (nSPS) is 10.3. The third kappa shape index (κ3) is 4.25. The van der Waals surface area contributed by atoms with Gasteiger partial charge < -0.3 is 4.74 Å². The number of hydrogen-bond acceptors (Lipinski definition) is 4. The van der Waals surface area contributed by atoms with Crippen LogP contribution in [0.15, 0.2) is 47.6 Å². The number of carbonyl (C=O) groups is 1. The molecule has 0 aliphatic carbocycles. The fourth-order valence-electron chi connectivity index (χ4n) is 1.70. The molecule has 104 valence electrons. The van der Waals surface area contributed by atoms with Crippen molar-refractivity contribution in [3.05, 3.63) is 58.7 Å². The van der Waals surface area contributed by atoms with Crippen molar-refractivity contribution in [1.82, 2.24) is 4.98 Å². The molecule has 2 rings (SSSR count). The zero-order valence-electron chi connectivity index (χ0n) is 11.0.